The number of rotatable bonds is 2. The summed E-state index contributed by atoms with van der Waals surface area (Å²) in [6.45, 7) is 2.21. The lowest BCUT2D eigenvalue weighted by Gasteiger charge is -2.20. The largest absolute Gasteiger partial charge is 0.367 e. The summed E-state index contributed by atoms with van der Waals surface area (Å²) in [6, 6.07) is 5.65. The van der Waals surface area contributed by atoms with Gasteiger partial charge in [-0.05, 0) is 40.8 Å². The molecule has 0 bridgehead atoms. The maximum atomic E-state index is 6.09. The fourth-order valence-electron chi connectivity index (χ4n) is 1.84. The van der Waals surface area contributed by atoms with Crippen LogP contribution in [0.4, 0.5) is 0 Å². The summed E-state index contributed by atoms with van der Waals surface area (Å²) < 4.78 is 11.8. The van der Waals surface area contributed by atoms with Crippen molar-refractivity contribution >= 4 is 34.2 Å². The molecule has 1 aliphatic heterocycles. The van der Waals surface area contributed by atoms with Crippen LogP contribution in [0.15, 0.2) is 22.7 Å². The molecule has 1 aliphatic rings. The lowest BCUT2D eigenvalue weighted by atomic mass is 10.2. The first-order valence-electron chi connectivity index (χ1n) is 5.85. The Bertz CT molecular complexity index is 584. The van der Waals surface area contributed by atoms with Crippen molar-refractivity contribution < 1.29 is 9.26 Å². The van der Waals surface area contributed by atoms with Gasteiger partial charge in [0.15, 0.2) is 0 Å². The normalized spacial score (nSPS) is 19.6. The van der Waals surface area contributed by atoms with Gasteiger partial charge in [-0.2, -0.15) is 4.98 Å². The Hall–Kier alpha value is -0.700. The second-order valence-corrected chi connectivity index (χ2v) is 5.72. The predicted octanol–water partition coefficient (Wildman–Crippen LogP) is 2.66. The second-order valence-electron chi connectivity index (χ2n) is 4.15. The predicted molar refractivity (Wildman–Crippen MR) is 79.0 cm³/mol. The van der Waals surface area contributed by atoms with E-state index in [1.807, 2.05) is 18.2 Å². The Balaban J connectivity index is 1.85. The third-order valence-corrected chi connectivity index (χ3v) is 4.40. The lowest BCUT2D eigenvalue weighted by molar-refractivity contribution is 0.0208. The van der Waals surface area contributed by atoms with E-state index < -0.39 is 0 Å². The Morgan fingerprint density at radius 2 is 2.32 bits per heavy atom. The molecular weight excluding hydrogens is 381 g/mol. The zero-order valence-corrected chi connectivity index (χ0v) is 12.8. The summed E-state index contributed by atoms with van der Waals surface area (Å²) in [4.78, 5) is 4.37. The molecule has 1 unspecified atom stereocenters. The number of halogens is 2. The summed E-state index contributed by atoms with van der Waals surface area (Å²) in [5, 5.41) is 7.88. The summed E-state index contributed by atoms with van der Waals surface area (Å²) in [5.74, 6) is 1.03. The van der Waals surface area contributed by atoms with Gasteiger partial charge in [-0.15, -0.1) is 0 Å². The highest BCUT2D eigenvalue weighted by atomic mass is 127. The van der Waals surface area contributed by atoms with Crippen LogP contribution in [-0.4, -0.2) is 29.8 Å². The van der Waals surface area contributed by atoms with Gasteiger partial charge in [0, 0.05) is 22.2 Å². The second kappa shape index (κ2) is 5.74. The molecule has 5 nitrogen and oxygen atoms in total. The van der Waals surface area contributed by atoms with Crippen molar-refractivity contribution in [2.24, 2.45) is 0 Å². The van der Waals surface area contributed by atoms with Crippen molar-refractivity contribution in [2.45, 2.75) is 6.10 Å². The molecule has 0 saturated carbocycles. The molecule has 0 aliphatic carbocycles. The molecule has 2 heterocycles. The van der Waals surface area contributed by atoms with E-state index in [2.05, 4.69) is 38.0 Å². The van der Waals surface area contributed by atoms with Crippen molar-refractivity contribution in [1.29, 1.82) is 0 Å². The number of hydrogen-bond donors (Lipinski definition) is 1. The van der Waals surface area contributed by atoms with Gasteiger partial charge in [0.25, 0.3) is 5.89 Å². The maximum absolute atomic E-state index is 6.09. The molecule has 1 atom stereocenters. The number of nitrogens with zero attached hydrogens (tertiary/aromatic N) is 2. The van der Waals surface area contributed by atoms with Gasteiger partial charge in [0.1, 0.15) is 6.10 Å². The van der Waals surface area contributed by atoms with E-state index in [1.54, 1.807) is 0 Å². The summed E-state index contributed by atoms with van der Waals surface area (Å²) in [6.07, 6.45) is -0.148. The van der Waals surface area contributed by atoms with Crippen molar-refractivity contribution in [2.75, 3.05) is 19.7 Å². The zero-order chi connectivity index (χ0) is 13.2. The first-order valence-corrected chi connectivity index (χ1v) is 7.31. The summed E-state index contributed by atoms with van der Waals surface area (Å²) in [7, 11) is 0. The molecule has 3 rings (SSSR count). The average molecular weight is 392 g/mol. The van der Waals surface area contributed by atoms with E-state index >= 15 is 0 Å². The number of ether oxygens (including phenoxy) is 1. The van der Waals surface area contributed by atoms with Crippen LogP contribution in [0.2, 0.25) is 5.02 Å². The van der Waals surface area contributed by atoms with Gasteiger partial charge in [0.2, 0.25) is 5.82 Å². The molecule has 2 aromatic rings. The molecular formula is C12H11ClIN3O2. The van der Waals surface area contributed by atoms with Gasteiger partial charge >= 0.3 is 0 Å². The van der Waals surface area contributed by atoms with E-state index in [9.17, 15) is 0 Å². The summed E-state index contributed by atoms with van der Waals surface area (Å²) in [5.41, 5.74) is 0.813. The molecule has 1 saturated heterocycles. The highest BCUT2D eigenvalue weighted by molar-refractivity contribution is 14.1. The monoisotopic (exact) mass is 391 g/mol. The van der Waals surface area contributed by atoms with E-state index in [1.165, 1.54) is 0 Å². The minimum absolute atomic E-state index is 0.148. The number of hydrogen-bond acceptors (Lipinski definition) is 5. The lowest BCUT2D eigenvalue weighted by Crippen LogP contribution is -2.33. The number of morpholine rings is 1. The van der Waals surface area contributed by atoms with Crippen LogP contribution in [0.5, 0.6) is 0 Å². The van der Waals surface area contributed by atoms with Crippen molar-refractivity contribution in [3.8, 4) is 11.5 Å². The van der Waals surface area contributed by atoms with Crippen molar-refractivity contribution in [3.05, 3.63) is 32.6 Å². The Labute approximate surface area is 128 Å². The quantitative estimate of drug-likeness (QED) is 0.798. The molecule has 0 radical (unpaired) electrons. The topological polar surface area (TPSA) is 60.2 Å². The standard InChI is InChI=1S/C12H11ClIN3O2/c13-8-5-7(1-2-9(8)14)12-16-11(17-19-12)10-6-15-3-4-18-10/h1-2,5,10,15H,3-4,6H2. The fourth-order valence-corrected chi connectivity index (χ4v) is 2.36. The Morgan fingerprint density at radius 3 is 3.05 bits per heavy atom. The highest BCUT2D eigenvalue weighted by Crippen LogP contribution is 2.26. The molecule has 1 N–H and O–H groups in total. The van der Waals surface area contributed by atoms with E-state index in [4.69, 9.17) is 20.9 Å². The van der Waals surface area contributed by atoms with Gasteiger partial charge in [-0.1, -0.05) is 16.8 Å². The first-order chi connectivity index (χ1) is 9.24. The van der Waals surface area contributed by atoms with Gasteiger partial charge in [-0.3, -0.25) is 0 Å². The van der Waals surface area contributed by atoms with Crippen LogP contribution in [0.25, 0.3) is 11.5 Å². The number of aromatic nitrogens is 2. The number of benzene rings is 1. The van der Waals surface area contributed by atoms with Crippen LogP contribution in [-0.2, 0) is 4.74 Å². The molecule has 1 aromatic heterocycles. The molecule has 0 amide bonds. The van der Waals surface area contributed by atoms with Crippen molar-refractivity contribution in [1.82, 2.24) is 15.5 Å². The third kappa shape index (κ3) is 2.91. The maximum Gasteiger partial charge on any atom is 0.258 e. The summed E-state index contributed by atoms with van der Waals surface area (Å²) >= 11 is 8.26. The molecule has 19 heavy (non-hydrogen) atoms. The highest BCUT2D eigenvalue weighted by Gasteiger charge is 2.22. The molecule has 7 heteroatoms. The SMILES string of the molecule is Clc1cc(-c2nc(C3CNCCO3)no2)ccc1I. The van der Waals surface area contributed by atoms with Crippen LogP contribution in [0.3, 0.4) is 0 Å². The fraction of sp³-hybridized carbons (Fsp3) is 0.333. The van der Waals surface area contributed by atoms with Crippen LogP contribution >= 0.6 is 34.2 Å². The van der Waals surface area contributed by atoms with Crippen LogP contribution < -0.4 is 5.32 Å². The molecule has 1 aromatic carbocycles. The Morgan fingerprint density at radius 1 is 1.42 bits per heavy atom. The van der Waals surface area contributed by atoms with Gasteiger partial charge in [-0.25, -0.2) is 0 Å². The van der Waals surface area contributed by atoms with Crippen LogP contribution in [0.1, 0.15) is 11.9 Å². The molecule has 0 spiro atoms. The minimum Gasteiger partial charge on any atom is -0.367 e. The molecule has 1 fully saturated rings. The average Bonchev–Trinajstić information content (AvgIpc) is 2.93. The van der Waals surface area contributed by atoms with E-state index in [0.29, 0.717) is 29.9 Å². The van der Waals surface area contributed by atoms with Crippen LogP contribution in [0, 0.1) is 3.57 Å². The minimum atomic E-state index is -0.148. The van der Waals surface area contributed by atoms with Crippen molar-refractivity contribution in [3.63, 3.8) is 0 Å². The third-order valence-electron chi connectivity index (χ3n) is 2.82. The number of nitrogens with one attached hydrogen (secondary N) is 1. The van der Waals surface area contributed by atoms with E-state index in [0.717, 1.165) is 15.7 Å². The molecule has 100 valence electrons. The van der Waals surface area contributed by atoms with Gasteiger partial charge < -0.3 is 14.6 Å². The Kier molecular flexibility index (Phi) is 4.01. The van der Waals surface area contributed by atoms with Gasteiger partial charge in [0.05, 0.1) is 11.6 Å². The smallest absolute Gasteiger partial charge is 0.258 e. The van der Waals surface area contributed by atoms with E-state index in [-0.39, 0.29) is 6.10 Å². The first kappa shape index (κ1) is 13.3. The zero-order valence-electron chi connectivity index (χ0n) is 9.90.